The lowest BCUT2D eigenvalue weighted by molar-refractivity contribution is -0.183. The third-order valence-corrected chi connectivity index (χ3v) is 5.42. The smallest absolute Gasteiger partial charge is 0.201 e. The second-order valence-electron chi connectivity index (χ2n) is 7.69. The molecule has 0 N–H and O–H groups in total. The fraction of sp³-hybridized carbons (Fsp3) is 0.259. The Morgan fingerprint density at radius 3 is 2.21 bits per heavy atom. The predicted octanol–water partition coefficient (Wildman–Crippen LogP) is 7.22. The summed E-state index contributed by atoms with van der Waals surface area (Å²) < 4.78 is 60.3. The lowest BCUT2D eigenvalue weighted by Crippen LogP contribution is -2.17. The highest BCUT2D eigenvalue weighted by Gasteiger charge is 2.19. The van der Waals surface area contributed by atoms with Crippen LogP contribution in [0.1, 0.15) is 31.6 Å². The van der Waals surface area contributed by atoms with Gasteiger partial charge < -0.3 is 14.2 Å². The van der Waals surface area contributed by atoms with Crippen molar-refractivity contribution in [2.24, 2.45) is 0 Å². The molecule has 1 aliphatic rings. The Morgan fingerprint density at radius 1 is 0.879 bits per heavy atom. The normalized spacial score (nSPS) is 14.7. The first kappa shape index (κ1) is 23.1. The first-order valence-corrected chi connectivity index (χ1v) is 10.9. The Bertz CT molecular complexity index is 1120. The zero-order valence-electron chi connectivity index (χ0n) is 18.3. The van der Waals surface area contributed by atoms with Crippen molar-refractivity contribution in [3.63, 3.8) is 0 Å². The van der Waals surface area contributed by atoms with Gasteiger partial charge in [-0.2, -0.15) is 4.39 Å². The monoisotopic (exact) mass is 454 g/mol. The Balaban J connectivity index is 1.52. The minimum Gasteiger partial charge on any atom is -0.490 e. The van der Waals surface area contributed by atoms with Gasteiger partial charge in [0.2, 0.25) is 5.82 Å². The van der Waals surface area contributed by atoms with Crippen LogP contribution < -0.4 is 4.74 Å². The number of allylic oxidation sites excluding steroid dienone is 1. The summed E-state index contributed by atoms with van der Waals surface area (Å²) in [6, 6.07) is 14.4. The van der Waals surface area contributed by atoms with Crippen LogP contribution in [0.4, 0.5) is 13.2 Å². The van der Waals surface area contributed by atoms with Crippen LogP contribution in [-0.2, 0) is 9.47 Å². The van der Waals surface area contributed by atoms with E-state index in [4.69, 9.17) is 14.2 Å². The minimum atomic E-state index is -1.02. The van der Waals surface area contributed by atoms with Crippen LogP contribution in [0.2, 0.25) is 0 Å². The van der Waals surface area contributed by atoms with Gasteiger partial charge in [-0.25, -0.2) is 8.78 Å². The van der Waals surface area contributed by atoms with E-state index in [1.165, 1.54) is 18.2 Å². The Hall–Kier alpha value is -3.09. The van der Waals surface area contributed by atoms with Crippen LogP contribution in [0.25, 0.3) is 22.3 Å². The van der Waals surface area contributed by atoms with Crippen molar-refractivity contribution in [1.29, 1.82) is 0 Å². The van der Waals surface area contributed by atoms with Crippen molar-refractivity contribution in [2.75, 3.05) is 19.8 Å². The largest absolute Gasteiger partial charge is 0.490 e. The minimum absolute atomic E-state index is 0.113. The molecule has 0 radical (unpaired) electrons. The van der Waals surface area contributed by atoms with Crippen molar-refractivity contribution in [2.45, 2.75) is 26.1 Å². The summed E-state index contributed by atoms with van der Waals surface area (Å²) in [4.78, 5) is 0. The van der Waals surface area contributed by atoms with Gasteiger partial charge in [-0.15, -0.1) is 0 Å². The van der Waals surface area contributed by atoms with Gasteiger partial charge in [0.25, 0.3) is 0 Å². The molecule has 1 aliphatic heterocycles. The van der Waals surface area contributed by atoms with Crippen molar-refractivity contribution >= 4 is 0 Å². The van der Waals surface area contributed by atoms with Crippen LogP contribution in [0.15, 0.2) is 66.7 Å². The third kappa shape index (κ3) is 5.29. The van der Waals surface area contributed by atoms with Gasteiger partial charge in [0.15, 0.2) is 17.9 Å². The molecule has 1 heterocycles. The lowest BCUT2D eigenvalue weighted by atomic mass is 9.98. The van der Waals surface area contributed by atoms with Crippen LogP contribution in [0, 0.1) is 17.5 Å². The van der Waals surface area contributed by atoms with Crippen LogP contribution in [-0.4, -0.2) is 19.8 Å². The maximum atomic E-state index is 14.8. The van der Waals surface area contributed by atoms with Gasteiger partial charge in [-0.1, -0.05) is 48.6 Å². The van der Waals surface area contributed by atoms with Crippen LogP contribution >= 0.6 is 0 Å². The second-order valence-corrected chi connectivity index (χ2v) is 7.69. The molecule has 4 rings (SSSR count). The van der Waals surface area contributed by atoms with E-state index in [2.05, 4.69) is 0 Å². The SMILES string of the molecule is C/C=C\CCOc1ccc(-c2ccc(-c3ccc(C4OCCCO4)cc3F)cc2)c(F)c1F. The zero-order valence-corrected chi connectivity index (χ0v) is 18.3. The molecule has 1 fully saturated rings. The summed E-state index contributed by atoms with van der Waals surface area (Å²) >= 11 is 0. The molecule has 0 unspecified atom stereocenters. The van der Waals surface area contributed by atoms with Crippen molar-refractivity contribution in [3.05, 3.63) is 89.8 Å². The molecule has 6 heteroatoms. The summed E-state index contributed by atoms with van der Waals surface area (Å²) in [6.45, 7) is 3.30. The molecule has 1 saturated heterocycles. The number of rotatable bonds is 7. The average Bonchev–Trinajstić information content (AvgIpc) is 2.85. The molecular weight excluding hydrogens is 429 g/mol. The van der Waals surface area contributed by atoms with E-state index in [1.54, 1.807) is 36.4 Å². The summed E-state index contributed by atoms with van der Waals surface area (Å²) in [5.41, 5.74) is 2.24. The molecule has 33 heavy (non-hydrogen) atoms. The molecule has 3 nitrogen and oxygen atoms in total. The van der Waals surface area contributed by atoms with E-state index in [9.17, 15) is 13.2 Å². The predicted molar refractivity (Wildman–Crippen MR) is 121 cm³/mol. The molecule has 0 saturated carbocycles. The average molecular weight is 454 g/mol. The number of hydrogen-bond acceptors (Lipinski definition) is 3. The third-order valence-electron chi connectivity index (χ3n) is 5.42. The van der Waals surface area contributed by atoms with E-state index in [-0.39, 0.29) is 17.9 Å². The van der Waals surface area contributed by atoms with Crippen molar-refractivity contribution in [3.8, 4) is 28.0 Å². The van der Waals surface area contributed by atoms with E-state index in [1.807, 2.05) is 19.1 Å². The summed E-state index contributed by atoms with van der Waals surface area (Å²) in [7, 11) is 0. The highest BCUT2D eigenvalue weighted by molar-refractivity contribution is 5.71. The van der Waals surface area contributed by atoms with Crippen LogP contribution in [0.5, 0.6) is 5.75 Å². The van der Waals surface area contributed by atoms with Crippen molar-refractivity contribution < 1.29 is 27.4 Å². The number of benzene rings is 3. The van der Waals surface area contributed by atoms with E-state index >= 15 is 0 Å². The molecule has 172 valence electrons. The molecule has 3 aromatic carbocycles. The van der Waals surface area contributed by atoms with Gasteiger partial charge in [0.05, 0.1) is 19.8 Å². The molecule has 0 spiro atoms. The van der Waals surface area contributed by atoms with E-state index in [0.717, 1.165) is 6.42 Å². The fourth-order valence-corrected chi connectivity index (χ4v) is 3.69. The maximum absolute atomic E-state index is 14.8. The van der Waals surface area contributed by atoms with E-state index in [0.29, 0.717) is 41.9 Å². The second kappa shape index (κ2) is 10.7. The Labute approximate surface area is 191 Å². The van der Waals surface area contributed by atoms with Gasteiger partial charge in [-0.05, 0) is 49.1 Å². The number of hydrogen-bond donors (Lipinski definition) is 0. The quantitative estimate of drug-likeness (QED) is 0.279. The molecule has 0 aromatic heterocycles. The standard InChI is InChI=1S/C27H25F3O3/c1-2-3-4-14-31-24-13-12-22(25(29)26(24)30)19-8-6-18(7-9-19)21-11-10-20(17-23(21)28)27-32-15-5-16-33-27/h2-3,6-13,17,27H,4-5,14-16H2,1H3/b3-2-. The molecule has 0 bridgehead atoms. The van der Waals surface area contributed by atoms with Gasteiger partial charge in [0, 0.05) is 16.7 Å². The van der Waals surface area contributed by atoms with Gasteiger partial charge >= 0.3 is 0 Å². The highest BCUT2D eigenvalue weighted by Crippen LogP contribution is 2.33. The van der Waals surface area contributed by atoms with Crippen LogP contribution in [0.3, 0.4) is 0 Å². The molecular formula is C27H25F3O3. The number of halogens is 3. The maximum Gasteiger partial charge on any atom is 0.201 e. The fourth-order valence-electron chi connectivity index (χ4n) is 3.69. The summed E-state index contributed by atoms with van der Waals surface area (Å²) in [5.74, 6) is -2.53. The first-order valence-electron chi connectivity index (χ1n) is 10.9. The Kier molecular flexibility index (Phi) is 7.47. The Morgan fingerprint density at radius 2 is 1.55 bits per heavy atom. The molecule has 0 amide bonds. The molecule has 0 atom stereocenters. The zero-order chi connectivity index (χ0) is 23.2. The summed E-state index contributed by atoms with van der Waals surface area (Å²) in [6.07, 6.45) is 4.63. The molecule has 3 aromatic rings. The highest BCUT2D eigenvalue weighted by atomic mass is 19.2. The topological polar surface area (TPSA) is 27.7 Å². The lowest BCUT2D eigenvalue weighted by Gasteiger charge is -2.23. The van der Waals surface area contributed by atoms with Gasteiger partial charge in [-0.3, -0.25) is 0 Å². The summed E-state index contributed by atoms with van der Waals surface area (Å²) in [5, 5.41) is 0. The number of ether oxygens (including phenoxy) is 3. The van der Waals surface area contributed by atoms with Crippen molar-refractivity contribution in [1.82, 2.24) is 0 Å². The first-order chi connectivity index (χ1) is 16.1. The molecule has 0 aliphatic carbocycles. The van der Waals surface area contributed by atoms with Gasteiger partial charge in [0.1, 0.15) is 5.82 Å². The van der Waals surface area contributed by atoms with E-state index < -0.39 is 23.7 Å².